The number of carbonyl (C=O) groups is 2. The zero-order valence-corrected chi connectivity index (χ0v) is 21.0. The average Bonchev–Trinajstić information content (AvgIpc) is 2.76. The molecule has 2 aromatic rings. The summed E-state index contributed by atoms with van der Waals surface area (Å²) in [7, 11) is -3.75. The van der Waals surface area contributed by atoms with Gasteiger partial charge in [0.1, 0.15) is 11.9 Å². The van der Waals surface area contributed by atoms with Crippen LogP contribution in [0.15, 0.2) is 54.6 Å². The van der Waals surface area contributed by atoms with Gasteiger partial charge in [-0.25, -0.2) is 12.8 Å². The quantitative estimate of drug-likeness (QED) is 0.491. The molecule has 0 radical (unpaired) electrons. The topological polar surface area (TPSA) is 86.8 Å². The van der Waals surface area contributed by atoms with Gasteiger partial charge in [-0.2, -0.15) is 0 Å². The van der Waals surface area contributed by atoms with Crippen LogP contribution in [0.4, 0.5) is 10.1 Å². The third-order valence-corrected chi connectivity index (χ3v) is 6.47. The summed E-state index contributed by atoms with van der Waals surface area (Å²) in [6.07, 6.45) is 1.63. The first kappa shape index (κ1) is 27.3. The van der Waals surface area contributed by atoms with E-state index in [1.165, 1.54) is 18.2 Å². The summed E-state index contributed by atoms with van der Waals surface area (Å²) >= 11 is 0. The van der Waals surface area contributed by atoms with Crippen molar-refractivity contribution in [1.29, 1.82) is 0 Å². The van der Waals surface area contributed by atoms with Crippen molar-refractivity contribution >= 4 is 27.5 Å². The SMILES string of the molecule is CC[C@H](C(=O)NC(C)C)N(Cc1ccccc1)C(=O)CCCN(c1ccccc1F)S(C)(=O)=O. The molecule has 0 bridgehead atoms. The largest absolute Gasteiger partial charge is 0.352 e. The molecular formula is C25H34FN3O4S. The van der Waals surface area contributed by atoms with Gasteiger partial charge in [0.15, 0.2) is 0 Å². The second kappa shape index (κ2) is 12.5. The predicted octanol–water partition coefficient (Wildman–Crippen LogP) is 3.70. The molecule has 1 N–H and O–H groups in total. The molecule has 0 unspecified atom stereocenters. The van der Waals surface area contributed by atoms with Crippen molar-refractivity contribution in [1.82, 2.24) is 10.2 Å². The van der Waals surface area contributed by atoms with Crippen LogP contribution in [0, 0.1) is 5.82 Å². The van der Waals surface area contributed by atoms with Crippen LogP contribution in [-0.4, -0.2) is 50.0 Å². The highest BCUT2D eigenvalue weighted by molar-refractivity contribution is 7.92. The van der Waals surface area contributed by atoms with E-state index in [1.54, 1.807) is 11.0 Å². The van der Waals surface area contributed by atoms with Crippen LogP contribution in [-0.2, 0) is 26.2 Å². The number of carbonyl (C=O) groups excluding carboxylic acids is 2. The maximum Gasteiger partial charge on any atom is 0.243 e. The number of hydrogen-bond donors (Lipinski definition) is 1. The predicted molar refractivity (Wildman–Crippen MR) is 132 cm³/mol. The second-order valence-electron chi connectivity index (χ2n) is 8.48. The molecule has 9 heteroatoms. The van der Waals surface area contributed by atoms with Gasteiger partial charge in [0.05, 0.1) is 11.9 Å². The molecule has 0 heterocycles. The lowest BCUT2D eigenvalue weighted by Gasteiger charge is -2.31. The summed E-state index contributed by atoms with van der Waals surface area (Å²) < 4.78 is 39.8. The number of anilines is 1. The Morgan fingerprint density at radius 1 is 1.03 bits per heavy atom. The molecule has 34 heavy (non-hydrogen) atoms. The van der Waals surface area contributed by atoms with Gasteiger partial charge in [0, 0.05) is 25.6 Å². The maximum atomic E-state index is 14.2. The Bertz CT molecular complexity index is 1060. The fourth-order valence-corrected chi connectivity index (χ4v) is 4.68. The minimum Gasteiger partial charge on any atom is -0.352 e. The van der Waals surface area contributed by atoms with E-state index in [2.05, 4.69) is 5.32 Å². The first-order valence-corrected chi connectivity index (χ1v) is 13.3. The molecule has 0 saturated heterocycles. The van der Waals surface area contributed by atoms with E-state index in [0.29, 0.717) is 6.42 Å². The van der Waals surface area contributed by atoms with Gasteiger partial charge < -0.3 is 10.2 Å². The Morgan fingerprint density at radius 3 is 2.21 bits per heavy atom. The number of sulfonamides is 1. The summed E-state index contributed by atoms with van der Waals surface area (Å²) in [6.45, 7) is 5.76. The zero-order chi connectivity index (χ0) is 25.3. The third-order valence-electron chi connectivity index (χ3n) is 5.29. The molecule has 2 rings (SSSR count). The van der Waals surface area contributed by atoms with E-state index in [1.807, 2.05) is 51.1 Å². The lowest BCUT2D eigenvalue weighted by molar-refractivity contribution is -0.141. The monoisotopic (exact) mass is 491 g/mol. The molecule has 0 aliphatic rings. The van der Waals surface area contributed by atoms with Crippen LogP contribution in [0.1, 0.15) is 45.6 Å². The van der Waals surface area contributed by atoms with Crippen LogP contribution in [0.25, 0.3) is 0 Å². The summed E-state index contributed by atoms with van der Waals surface area (Å²) in [5, 5.41) is 2.87. The average molecular weight is 492 g/mol. The summed E-state index contributed by atoms with van der Waals surface area (Å²) in [6, 6.07) is 14.3. The van der Waals surface area contributed by atoms with Gasteiger partial charge in [0.25, 0.3) is 0 Å². The summed E-state index contributed by atoms with van der Waals surface area (Å²) in [5.41, 5.74) is 0.831. The van der Waals surface area contributed by atoms with Crippen molar-refractivity contribution in [2.24, 2.45) is 0 Å². The van der Waals surface area contributed by atoms with Crippen LogP contribution in [0.2, 0.25) is 0 Å². The van der Waals surface area contributed by atoms with E-state index in [4.69, 9.17) is 0 Å². The Balaban J connectivity index is 2.20. The van der Waals surface area contributed by atoms with Crippen LogP contribution >= 0.6 is 0 Å². The fraction of sp³-hybridized carbons (Fsp3) is 0.440. The molecule has 2 aromatic carbocycles. The van der Waals surface area contributed by atoms with Crippen LogP contribution in [0.3, 0.4) is 0 Å². The summed E-state index contributed by atoms with van der Waals surface area (Å²) in [4.78, 5) is 27.6. The Kier molecular flexibility index (Phi) is 10.0. The lowest BCUT2D eigenvalue weighted by Crippen LogP contribution is -2.50. The smallest absolute Gasteiger partial charge is 0.243 e. The highest BCUT2D eigenvalue weighted by atomic mass is 32.2. The van der Waals surface area contributed by atoms with Crippen LogP contribution < -0.4 is 9.62 Å². The van der Waals surface area contributed by atoms with Crippen molar-refractivity contribution in [3.8, 4) is 0 Å². The molecule has 0 aliphatic carbocycles. The number of para-hydroxylation sites is 1. The minimum absolute atomic E-state index is 0.0127. The van der Waals surface area contributed by atoms with Crippen molar-refractivity contribution in [2.45, 2.75) is 58.7 Å². The second-order valence-corrected chi connectivity index (χ2v) is 10.4. The van der Waals surface area contributed by atoms with Gasteiger partial charge in [-0.15, -0.1) is 0 Å². The van der Waals surface area contributed by atoms with Gasteiger partial charge in [0.2, 0.25) is 21.8 Å². The molecule has 1 atom stereocenters. The fourth-order valence-electron chi connectivity index (χ4n) is 3.72. The molecule has 0 spiro atoms. The number of halogens is 1. The van der Waals surface area contributed by atoms with Gasteiger partial charge in [-0.1, -0.05) is 49.4 Å². The number of amides is 2. The zero-order valence-electron chi connectivity index (χ0n) is 20.2. The minimum atomic E-state index is -3.75. The van der Waals surface area contributed by atoms with Crippen molar-refractivity contribution in [3.05, 3.63) is 66.0 Å². The molecule has 186 valence electrons. The molecule has 0 aliphatic heterocycles. The van der Waals surface area contributed by atoms with E-state index >= 15 is 0 Å². The maximum absolute atomic E-state index is 14.2. The molecule has 2 amide bonds. The van der Waals surface area contributed by atoms with Gasteiger partial charge in [-0.05, 0) is 44.4 Å². The van der Waals surface area contributed by atoms with Crippen molar-refractivity contribution in [2.75, 3.05) is 17.1 Å². The highest BCUT2D eigenvalue weighted by Crippen LogP contribution is 2.22. The molecule has 0 saturated carbocycles. The van der Waals surface area contributed by atoms with E-state index < -0.39 is 21.9 Å². The van der Waals surface area contributed by atoms with E-state index in [-0.39, 0.29) is 49.5 Å². The van der Waals surface area contributed by atoms with Crippen LogP contribution in [0.5, 0.6) is 0 Å². The normalized spacial score (nSPS) is 12.3. The van der Waals surface area contributed by atoms with E-state index in [0.717, 1.165) is 16.1 Å². The Hall–Kier alpha value is -2.94. The number of nitrogens with zero attached hydrogens (tertiary/aromatic N) is 2. The number of hydrogen-bond acceptors (Lipinski definition) is 4. The Labute approximate surface area is 202 Å². The number of nitrogens with one attached hydrogen (secondary N) is 1. The molecule has 7 nitrogen and oxygen atoms in total. The van der Waals surface area contributed by atoms with Crippen molar-refractivity contribution in [3.63, 3.8) is 0 Å². The first-order valence-electron chi connectivity index (χ1n) is 11.4. The number of benzene rings is 2. The highest BCUT2D eigenvalue weighted by Gasteiger charge is 2.29. The Morgan fingerprint density at radius 2 is 1.65 bits per heavy atom. The molecular weight excluding hydrogens is 457 g/mol. The molecule has 0 aromatic heterocycles. The standard InChI is InChI=1S/C25H34FN3O4S/c1-5-22(25(31)27-19(2)3)28(18-20-12-7-6-8-13-20)24(30)16-11-17-29(34(4,32)33)23-15-10-9-14-21(23)26/h6-10,12-15,19,22H,5,11,16-18H2,1-4H3,(H,27,31)/t22-/m1/s1. The lowest BCUT2D eigenvalue weighted by atomic mass is 10.1. The van der Waals surface area contributed by atoms with Gasteiger partial charge in [-0.3, -0.25) is 13.9 Å². The van der Waals surface area contributed by atoms with E-state index in [9.17, 15) is 22.4 Å². The van der Waals surface area contributed by atoms with Gasteiger partial charge >= 0.3 is 0 Å². The summed E-state index contributed by atoms with van der Waals surface area (Å²) in [5.74, 6) is -1.15. The first-order chi connectivity index (χ1) is 16.0. The van der Waals surface area contributed by atoms with Crippen molar-refractivity contribution < 1.29 is 22.4 Å². The number of rotatable bonds is 12. The molecule has 0 fully saturated rings. The third kappa shape index (κ3) is 7.83.